The van der Waals surface area contributed by atoms with Gasteiger partial charge in [-0.05, 0) is 23.9 Å². The van der Waals surface area contributed by atoms with Crippen LogP contribution in [-0.4, -0.2) is 57.3 Å². The van der Waals surface area contributed by atoms with Crippen LogP contribution in [0, 0.1) is 5.82 Å². The highest BCUT2D eigenvalue weighted by Gasteiger charge is 2.37. The summed E-state index contributed by atoms with van der Waals surface area (Å²) in [4.78, 5) is 37.3. The summed E-state index contributed by atoms with van der Waals surface area (Å²) in [6.45, 7) is -0.423. The summed E-state index contributed by atoms with van der Waals surface area (Å²) < 4.78 is 13.7. The SMILES string of the molecule is O=C(CN1C(=O)S/C(=C\c2ccccc2F)C1=O)N[C@H]1CSC[C@@H]1O. The van der Waals surface area contributed by atoms with Gasteiger partial charge in [0, 0.05) is 17.1 Å². The van der Waals surface area contributed by atoms with E-state index >= 15 is 0 Å². The number of nitrogens with zero attached hydrogens (tertiary/aromatic N) is 1. The predicted octanol–water partition coefficient (Wildman–Crippen LogP) is 1.45. The standard InChI is InChI=1S/C16H15FN2O4S2/c17-10-4-2-1-3-9(10)5-13-15(22)19(16(23)25-13)6-14(21)18-11-7-24-8-12(11)20/h1-5,11-12,20H,6-8H2,(H,18,21)/b13-5-/t11-,12-/m0/s1. The Morgan fingerprint density at radius 3 is 2.80 bits per heavy atom. The lowest BCUT2D eigenvalue weighted by atomic mass is 10.2. The molecule has 2 aliphatic rings. The third-order valence-corrected chi connectivity index (χ3v) is 5.84. The van der Waals surface area contributed by atoms with E-state index in [1.807, 2.05) is 0 Å². The summed E-state index contributed by atoms with van der Waals surface area (Å²) in [5, 5.41) is 11.7. The Morgan fingerprint density at radius 1 is 1.36 bits per heavy atom. The average Bonchev–Trinajstić information content (AvgIpc) is 3.08. The third kappa shape index (κ3) is 4.05. The first-order valence-electron chi connectivity index (χ1n) is 7.51. The van der Waals surface area contributed by atoms with Crippen LogP contribution in [0.1, 0.15) is 5.56 Å². The Hall–Kier alpha value is -1.84. The molecule has 0 saturated carbocycles. The Morgan fingerprint density at radius 2 is 2.12 bits per heavy atom. The molecular weight excluding hydrogens is 367 g/mol. The number of rotatable bonds is 4. The van der Waals surface area contributed by atoms with Gasteiger partial charge in [-0.3, -0.25) is 19.3 Å². The van der Waals surface area contributed by atoms with Crippen molar-refractivity contribution in [2.24, 2.45) is 0 Å². The number of thioether (sulfide) groups is 2. The molecule has 2 saturated heterocycles. The minimum absolute atomic E-state index is 0.0688. The van der Waals surface area contributed by atoms with Crippen LogP contribution in [-0.2, 0) is 9.59 Å². The molecule has 2 fully saturated rings. The topological polar surface area (TPSA) is 86.7 Å². The number of imide groups is 1. The van der Waals surface area contributed by atoms with Gasteiger partial charge in [-0.25, -0.2) is 4.39 Å². The van der Waals surface area contributed by atoms with Gasteiger partial charge in [-0.1, -0.05) is 18.2 Å². The number of carbonyl (C=O) groups is 3. The molecule has 25 heavy (non-hydrogen) atoms. The lowest BCUT2D eigenvalue weighted by Crippen LogP contribution is -2.47. The number of nitrogens with one attached hydrogen (secondary N) is 1. The van der Waals surface area contributed by atoms with E-state index < -0.39 is 35.5 Å². The van der Waals surface area contributed by atoms with E-state index in [-0.39, 0.29) is 16.5 Å². The van der Waals surface area contributed by atoms with Crippen LogP contribution in [0.15, 0.2) is 29.2 Å². The van der Waals surface area contributed by atoms with Gasteiger partial charge in [0.15, 0.2) is 0 Å². The Bertz CT molecular complexity index is 755. The molecule has 0 aliphatic carbocycles. The van der Waals surface area contributed by atoms with Crippen LogP contribution in [0.5, 0.6) is 0 Å². The molecule has 0 spiro atoms. The highest BCUT2D eigenvalue weighted by molar-refractivity contribution is 8.18. The van der Waals surface area contributed by atoms with Gasteiger partial charge in [0.1, 0.15) is 12.4 Å². The summed E-state index contributed by atoms with van der Waals surface area (Å²) in [6, 6.07) is 5.52. The zero-order valence-corrected chi connectivity index (χ0v) is 14.6. The van der Waals surface area contributed by atoms with E-state index in [0.717, 1.165) is 4.90 Å². The molecule has 1 aromatic rings. The maximum absolute atomic E-state index is 13.7. The molecule has 2 N–H and O–H groups in total. The van der Waals surface area contributed by atoms with Crippen molar-refractivity contribution in [3.63, 3.8) is 0 Å². The number of hydrogen-bond donors (Lipinski definition) is 2. The van der Waals surface area contributed by atoms with Crippen molar-refractivity contribution in [2.45, 2.75) is 12.1 Å². The third-order valence-electron chi connectivity index (χ3n) is 3.76. The van der Waals surface area contributed by atoms with Crippen molar-refractivity contribution in [2.75, 3.05) is 18.1 Å². The molecular formula is C16H15FN2O4S2. The minimum Gasteiger partial charge on any atom is -0.390 e. The van der Waals surface area contributed by atoms with Crippen molar-refractivity contribution in [3.05, 3.63) is 40.6 Å². The molecule has 0 bridgehead atoms. The molecule has 1 aromatic carbocycles. The van der Waals surface area contributed by atoms with Crippen molar-refractivity contribution in [3.8, 4) is 0 Å². The maximum Gasteiger partial charge on any atom is 0.294 e. The number of amides is 3. The highest BCUT2D eigenvalue weighted by Crippen LogP contribution is 2.32. The zero-order valence-electron chi connectivity index (χ0n) is 13.0. The predicted molar refractivity (Wildman–Crippen MR) is 94.3 cm³/mol. The lowest BCUT2D eigenvalue weighted by molar-refractivity contribution is -0.129. The molecule has 0 radical (unpaired) electrons. The second kappa shape index (κ2) is 7.59. The molecule has 3 amide bonds. The fraction of sp³-hybridized carbons (Fsp3) is 0.312. The second-order valence-corrected chi connectivity index (χ2v) is 7.64. The van der Waals surface area contributed by atoms with Crippen molar-refractivity contribution >= 4 is 46.7 Å². The molecule has 0 aromatic heterocycles. The number of hydrogen-bond acceptors (Lipinski definition) is 6. The van der Waals surface area contributed by atoms with Gasteiger partial charge in [0.25, 0.3) is 11.1 Å². The fourth-order valence-corrected chi connectivity index (χ4v) is 4.45. The van der Waals surface area contributed by atoms with Crippen LogP contribution in [0.4, 0.5) is 9.18 Å². The molecule has 2 heterocycles. The van der Waals surface area contributed by atoms with Gasteiger partial charge in [0.2, 0.25) is 5.91 Å². The molecule has 2 aliphatic heterocycles. The molecule has 2 atom stereocenters. The Labute approximate surface area is 151 Å². The van der Waals surface area contributed by atoms with E-state index in [0.29, 0.717) is 23.3 Å². The first kappa shape index (κ1) is 18.0. The first-order valence-corrected chi connectivity index (χ1v) is 9.48. The Kier molecular flexibility index (Phi) is 5.45. The largest absolute Gasteiger partial charge is 0.390 e. The van der Waals surface area contributed by atoms with Crippen LogP contribution in [0.3, 0.4) is 0 Å². The molecule has 3 rings (SSSR count). The Balaban J connectivity index is 1.67. The van der Waals surface area contributed by atoms with Gasteiger partial charge in [-0.15, -0.1) is 0 Å². The number of aliphatic hydroxyl groups is 1. The van der Waals surface area contributed by atoms with E-state index in [2.05, 4.69) is 5.32 Å². The van der Waals surface area contributed by atoms with Gasteiger partial charge >= 0.3 is 0 Å². The number of benzene rings is 1. The smallest absolute Gasteiger partial charge is 0.294 e. The van der Waals surface area contributed by atoms with Gasteiger partial charge < -0.3 is 10.4 Å². The van der Waals surface area contributed by atoms with E-state index in [1.54, 1.807) is 6.07 Å². The summed E-state index contributed by atoms with van der Waals surface area (Å²) in [5.74, 6) is -0.518. The number of carbonyl (C=O) groups excluding carboxylic acids is 3. The molecule has 132 valence electrons. The lowest BCUT2D eigenvalue weighted by Gasteiger charge is -2.18. The summed E-state index contributed by atoms with van der Waals surface area (Å²) in [6.07, 6.45) is 0.667. The average molecular weight is 382 g/mol. The normalized spacial score (nSPS) is 25.0. The van der Waals surface area contributed by atoms with Crippen molar-refractivity contribution in [1.82, 2.24) is 10.2 Å². The monoisotopic (exact) mass is 382 g/mol. The minimum atomic E-state index is -0.634. The van der Waals surface area contributed by atoms with E-state index in [9.17, 15) is 23.9 Å². The second-order valence-electron chi connectivity index (χ2n) is 5.57. The first-order chi connectivity index (χ1) is 12.0. The summed E-state index contributed by atoms with van der Waals surface area (Å²) >= 11 is 2.19. The molecule has 9 heteroatoms. The van der Waals surface area contributed by atoms with E-state index in [1.165, 1.54) is 36.0 Å². The van der Waals surface area contributed by atoms with Gasteiger partial charge in [0.05, 0.1) is 17.1 Å². The van der Waals surface area contributed by atoms with Crippen LogP contribution < -0.4 is 5.32 Å². The van der Waals surface area contributed by atoms with E-state index in [4.69, 9.17) is 0 Å². The van der Waals surface area contributed by atoms with Crippen molar-refractivity contribution in [1.29, 1.82) is 0 Å². The quantitative estimate of drug-likeness (QED) is 0.767. The maximum atomic E-state index is 13.7. The van der Waals surface area contributed by atoms with Crippen LogP contribution in [0.2, 0.25) is 0 Å². The zero-order chi connectivity index (χ0) is 18.0. The fourth-order valence-electron chi connectivity index (χ4n) is 2.45. The number of aliphatic hydroxyl groups excluding tert-OH is 1. The number of halogens is 1. The van der Waals surface area contributed by atoms with Crippen LogP contribution in [0.25, 0.3) is 6.08 Å². The van der Waals surface area contributed by atoms with Crippen LogP contribution >= 0.6 is 23.5 Å². The molecule has 0 unspecified atom stereocenters. The molecule has 6 nitrogen and oxygen atoms in total. The summed E-state index contributed by atoms with van der Waals surface area (Å²) in [7, 11) is 0. The highest BCUT2D eigenvalue weighted by atomic mass is 32.2. The summed E-state index contributed by atoms with van der Waals surface area (Å²) in [5.41, 5.74) is 0.198. The van der Waals surface area contributed by atoms with Crippen molar-refractivity contribution < 1.29 is 23.9 Å². The van der Waals surface area contributed by atoms with Gasteiger partial charge in [-0.2, -0.15) is 11.8 Å².